The number of nitrogens with one attached hydrogen (secondary N) is 5. The largest absolute Gasteiger partial charge is 0.462 e. The van der Waals surface area contributed by atoms with Crippen molar-refractivity contribution in [2.45, 2.75) is 31.7 Å². The molecule has 0 aromatic heterocycles. The van der Waals surface area contributed by atoms with Crippen molar-refractivity contribution in [3.05, 3.63) is 5.84 Å². The van der Waals surface area contributed by atoms with E-state index in [0.717, 1.165) is 0 Å². The highest BCUT2D eigenvalue weighted by Gasteiger charge is 2.29. The highest BCUT2D eigenvalue weighted by molar-refractivity contribution is 5.70. The SMILES string of the molecule is CNC(N=CNN)(NC)OC(=O)CCCCC(=O)[NH+](C)[NH-]. The first-order chi connectivity index (χ1) is 9.90. The van der Waals surface area contributed by atoms with Crippen molar-refractivity contribution >= 4 is 18.2 Å². The number of hydrazine groups is 1. The van der Waals surface area contributed by atoms with E-state index in [4.69, 9.17) is 16.4 Å². The molecular formula is C11H25N7O3. The molecule has 0 heterocycles. The second kappa shape index (κ2) is 10.2. The Kier molecular flexibility index (Phi) is 9.41. The van der Waals surface area contributed by atoms with Gasteiger partial charge < -0.3 is 21.0 Å². The van der Waals surface area contributed by atoms with Gasteiger partial charge in [-0.3, -0.25) is 4.79 Å². The summed E-state index contributed by atoms with van der Waals surface area (Å²) in [5.41, 5.74) is 2.22. The number of hydrogen-bond donors (Lipinski definition) is 5. The molecule has 0 fully saturated rings. The van der Waals surface area contributed by atoms with Crippen LogP contribution in [-0.4, -0.2) is 45.3 Å². The zero-order valence-electron chi connectivity index (χ0n) is 12.7. The van der Waals surface area contributed by atoms with Gasteiger partial charge in [-0.15, -0.1) is 0 Å². The molecule has 1 unspecified atom stereocenters. The van der Waals surface area contributed by atoms with E-state index >= 15 is 0 Å². The highest BCUT2D eigenvalue weighted by atomic mass is 16.6. The Labute approximate surface area is 124 Å². The fraction of sp³-hybridized carbons (Fsp3) is 0.727. The molecular weight excluding hydrogens is 278 g/mol. The Hall–Kier alpha value is -1.59. The predicted molar refractivity (Wildman–Crippen MR) is 77.4 cm³/mol. The van der Waals surface area contributed by atoms with Crippen molar-refractivity contribution in [2.75, 3.05) is 21.1 Å². The van der Waals surface area contributed by atoms with Gasteiger partial charge in [-0.2, -0.15) is 4.99 Å². The zero-order valence-corrected chi connectivity index (χ0v) is 12.7. The standard InChI is InChI=1S/C11H25N7O3/c1-14-11(15-2,16-8-17-12)21-10(20)7-5-4-6-9(19)18(3)13/h8,13-15,18H,4-7,12H2,1-3H3,(H,16,17). The fourth-order valence-corrected chi connectivity index (χ4v) is 1.47. The summed E-state index contributed by atoms with van der Waals surface area (Å²) in [6.45, 7) is 0. The lowest BCUT2D eigenvalue weighted by atomic mass is 10.2. The number of carbonyl (C=O) groups is 2. The first-order valence-electron chi connectivity index (χ1n) is 6.58. The number of unbranched alkanes of at least 4 members (excludes halogenated alkanes) is 1. The molecule has 0 aromatic rings. The van der Waals surface area contributed by atoms with Gasteiger partial charge in [-0.05, 0) is 26.9 Å². The second-order valence-electron chi connectivity index (χ2n) is 4.30. The first-order valence-corrected chi connectivity index (χ1v) is 6.58. The van der Waals surface area contributed by atoms with Gasteiger partial charge in [-0.1, -0.05) is 0 Å². The molecule has 1 amide bonds. The summed E-state index contributed by atoms with van der Waals surface area (Å²) < 4.78 is 5.21. The number of amides is 1. The third-order valence-corrected chi connectivity index (χ3v) is 2.71. The van der Waals surface area contributed by atoms with Crippen LogP contribution in [0.5, 0.6) is 0 Å². The van der Waals surface area contributed by atoms with E-state index < -0.39 is 11.9 Å². The van der Waals surface area contributed by atoms with Crippen molar-refractivity contribution < 1.29 is 19.3 Å². The van der Waals surface area contributed by atoms with Crippen LogP contribution >= 0.6 is 0 Å². The minimum atomic E-state index is -1.38. The van der Waals surface area contributed by atoms with Gasteiger partial charge in [-0.25, -0.2) is 21.3 Å². The maximum Gasteiger partial charge on any atom is 0.324 e. The molecule has 0 saturated carbocycles. The van der Waals surface area contributed by atoms with Gasteiger partial charge in [0, 0.05) is 6.42 Å². The Bertz CT molecular complexity index is 356. The molecule has 10 heteroatoms. The van der Waals surface area contributed by atoms with Crippen molar-refractivity contribution in [3.63, 3.8) is 0 Å². The molecule has 10 nitrogen and oxygen atoms in total. The summed E-state index contributed by atoms with van der Waals surface area (Å²) >= 11 is 0. The van der Waals surface area contributed by atoms with E-state index in [1.54, 1.807) is 14.1 Å². The zero-order chi connectivity index (χ0) is 16.3. The van der Waals surface area contributed by atoms with E-state index in [-0.39, 0.29) is 23.8 Å². The third kappa shape index (κ3) is 7.68. The topological polar surface area (TPSA) is 146 Å². The van der Waals surface area contributed by atoms with Crippen LogP contribution in [-0.2, 0) is 14.3 Å². The highest BCUT2D eigenvalue weighted by Crippen LogP contribution is 2.08. The average Bonchev–Trinajstić information content (AvgIpc) is 2.47. The lowest BCUT2D eigenvalue weighted by molar-refractivity contribution is -0.741. The van der Waals surface area contributed by atoms with Gasteiger partial charge >= 0.3 is 17.8 Å². The molecule has 0 aliphatic carbocycles. The number of carbonyl (C=O) groups excluding carboxylic acids is 2. The van der Waals surface area contributed by atoms with Crippen LogP contribution in [0.1, 0.15) is 25.7 Å². The summed E-state index contributed by atoms with van der Waals surface area (Å²) in [5, 5.41) is 5.48. The van der Waals surface area contributed by atoms with Crippen LogP contribution in [0.15, 0.2) is 4.99 Å². The predicted octanol–water partition coefficient (Wildman–Crippen LogP) is -2.36. The second-order valence-corrected chi connectivity index (χ2v) is 4.30. The molecule has 0 aliphatic rings. The Balaban J connectivity index is 4.21. The van der Waals surface area contributed by atoms with Crippen LogP contribution in [0.4, 0.5) is 0 Å². The lowest BCUT2D eigenvalue weighted by Gasteiger charge is -2.27. The Morgan fingerprint density at radius 1 is 1.33 bits per heavy atom. The quantitative estimate of drug-likeness (QED) is 0.0577. The number of hydrogen-bond acceptors (Lipinski definition) is 7. The molecule has 0 radical (unpaired) electrons. The molecule has 7 N–H and O–H groups in total. The molecule has 0 aliphatic heterocycles. The van der Waals surface area contributed by atoms with Crippen LogP contribution < -0.4 is 26.9 Å². The number of aliphatic imine (C=N–C) groups is 1. The third-order valence-electron chi connectivity index (χ3n) is 2.71. The fourth-order valence-electron chi connectivity index (χ4n) is 1.47. The van der Waals surface area contributed by atoms with Gasteiger partial charge in [0.05, 0.1) is 13.5 Å². The maximum atomic E-state index is 11.8. The Morgan fingerprint density at radius 2 is 1.90 bits per heavy atom. The van der Waals surface area contributed by atoms with E-state index in [1.165, 1.54) is 13.4 Å². The van der Waals surface area contributed by atoms with Crippen molar-refractivity contribution in [3.8, 4) is 0 Å². The molecule has 0 bridgehead atoms. The summed E-state index contributed by atoms with van der Waals surface area (Å²) in [6, 6.07) is 0. The molecule has 21 heavy (non-hydrogen) atoms. The lowest BCUT2D eigenvalue weighted by Crippen LogP contribution is -3.05. The molecule has 0 aromatic carbocycles. The van der Waals surface area contributed by atoms with E-state index in [1.807, 2.05) is 0 Å². The molecule has 0 spiro atoms. The van der Waals surface area contributed by atoms with Crippen molar-refractivity contribution in [1.29, 1.82) is 0 Å². The van der Waals surface area contributed by atoms with Crippen LogP contribution in [0.2, 0.25) is 0 Å². The Morgan fingerprint density at radius 3 is 2.38 bits per heavy atom. The number of rotatable bonds is 10. The first kappa shape index (κ1) is 19.4. The monoisotopic (exact) mass is 303 g/mol. The van der Waals surface area contributed by atoms with Crippen molar-refractivity contribution in [2.24, 2.45) is 10.8 Å². The van der Waals surface area contributed by atoms with E-state index in [9.17, 15) is 9.59 Å². The van der Waals surface area contributed by atoms with Gasteiger partial charge in [0.15, 0.2) is 0 Å². The number of esters is 1. The molecule has 0 saturated heterocycles. The number of ether oxygens (including phenoxy) is 1. The smallest absolute Gasteiger partial charge is 0.324 e. The number of nitrogens with zero attached hydrogens (tertiary/aromatic N) is 1. The number of quaternary nitrogens is 1. The summed E-state index contributed by atoms with van der Waals surface area (Å²) in [5.74, 6) is 10.2. The van der Waals surface area contributed by atoms with Crippen LogP contribution in [0.25, 0.3) is 5.84 Å². The number of nitrogens with two attached hydrogens (primary N) is 1. The van der Waals surface area contributed by atoms with Gasteiger partial charge in [0.1, 0.15) is 6.34 Å². The normalized spacial score (nSPS) is 13.2. The maximum absolute atomic E-state index is 11.8. The molecule has 122 valence electrons. The summed E-state index contributed by atoms with van der Waals surface area (Å²) in [4.78, 5) is 26.9. The van der Waals surface area contributed by atoms with E-state index in [0.29, 0.717) is 12.8 Å². The molecule has 1 atom stereocenters. The van der Waals surface area contributed by atoms with Gasteiger partial charge in [0.25, 0.3) is 0 Å². The van der Waals surface area contributed by atoms with Gasteiger partial charge in [0.2, 0.25) is 0 Å². The van der Waals surface area contributed by atoms with Crippen LogP contribution in [0.3, 0.4) is 0 Å². The van der Waals surface area contributed by atoms with E-state index in [2.05, 4.69) is 21.1 Å². The minimum absolute atomic E-state index is 0.0329. The average molecular weight is 303 g/mol. The molecule has 0 rings (SSSR count). The minimum Gasteiger partial charge on any atom is -0.462 e. The summed E-state index contributed by atoms with van der Waals surface area (Å²) in [6.07, 6.45) is 2.64. The summed E-state index contributed by atoms with van der Waals surface area (Å²) in [7, 11) is 4.60. The van der Waals surface area contributed by atoms with Crippen LogP contribution in [0, 0.1) is 0 Å². The van der Waals surface area contributed by atoms with Crippen molar-refractivity contribution in [1.82, 2.24) is 16.1 Å².